The first-order chi connectivity index (χ1) is 7.78. The van der Waals surface area contributed by atoms with Crippen LogP contribution in [0.1, 0.15) is 0 Å². The second-order valence-corrected chi connectivity index (χ2v) is 3.76. The molecule has 17 heavy (non-hydrogen) atoms. The fourth-order valence-electron chi connectivity index (χ4n) is 0.863. The minimum atomic E-state index is -5.20. The van der Waals surface area contributed by atoms with Crippen LogP contribution in [-0.4, -0.2) is 19.4 Å². The van der Waals surface area contributed by atoms with Gasteiger partial charge >= 0.3 is 16.5 Å². The predicted octanol–water partition coefficient (Wildman–Crippen LogP) is 0.898. The lowest BCUT2D eigenvalue weighted by Gasteiger charge is -2.02. The number of carbonyl (C=O) groups is 1. The lowest BCUT2D eigenvalue weighted by atomic mass is 10.3. The quantitative estimate of drug-likeness (QED) is 0.492. The van der Waals surface area contributed by atoms with Crippen molar-refractivity contribution >= 4 is 22.2 Å². The van der Waals surface area contributed by atoms with E-state index in [4.69, 9.17) is 0 Å². The highest BCUT2D eigenvalue weighted by Crippen LogP contribution is 2.17. The van der Waals surface area contributed by atoms with Crippen molar-refractivity contribution in [2.75, 3.05) is 0 Å². The van der Waals surface area contributed by atoms with Gasteiger partial charge in [0.2, 0.25) is 0 Å². The second-order valence-electron chi connectivity index (χ2n) is 2.68. The van der Waals surface area contributed by atoms with Crippen LogP contribution in [0.2, 0.25) is 0 Å². The maximum absolute atomic E-state index is 12.0. The summed E-state index contributed by atoms with van der Waals surface area (Å²) in [5.41, 5.74) is -0.240. The zero-order valence-corrected chi connectivity index (χ0v) is 8.81. The van der Waals surface area contributed by atoms with Crippen LogP contribution in [-0.2, 0) is 10.4 Å². The molecule has 1 rings (SSSR count). The number of halogens is 1. The molecule has 0 heterocycles. The summed E-state index contributed by atoms with van der Waals surface area (Å²) in [5.74, 6) is -0.170. The van der Waals surface area contributed by atoms with Crippen LogP contribution in [0, 0.1) is 10.1 Å². The number of benzene rings is 1. The van der Waals surface area contributed by atoms with E-state index in [1.54, 1.807) is 0 Å². The summed E-state index contributed by atoms with van der Waals surface area (Å²) in [5, 5.41) is 10.3. The lowest BCUT2D eigenvalue weighted by molar-refractivity contribution is -0.384. The fourth-order valence-corrected chi connectivity index (χ4v) is 1.10. The van der Waals surface area contributed by atoms with E-state index in [9.17, 15) is 27.2 Å². The van der Waals surface area contributed by atoms with Crippen molar-refractivity contribution < 1.29 is 26.8 Å². The topological polar surface area (TPSA) is 116 Å². The number of nitro groups is 1. The van der Waals surface area contributed by atoms with E-state index in [1.165, 1.54) is 0 Å². The average molecular weight is 264 g/mol. The van der Waals surface area contributed by atoms with Crippen molar-refractivity contribution in [3.8, 4) is 5.75 Å². The first-order valence-electron chi connectivity index (χ1n) is 3.96. The Hall–Kier alpha value is -2.23. The largest absolute Gasteiger partial charge is 0.428 e. The minimum absolute atomic E-state index is 0.170. The van der Waals surface area contributed by atoms with Gasteiger partial charge < -0.3 is 4.74 Å². The van der Waals surface area contributed by atoms with E-state index in [2.05, 4.69) is 4.74 Å². The Bertz CT molecular complexity index is 540. The van der Waals surface area contributed by atoms with Gasteiger partial charge in [-0.25, -0.2) is 4.79 Å². The Kier molecular flexibility index (Phi) is 3.58. The van der Waals surface area contributed by atoms with Crippen molar-refractivity contribution in [2.45, 2.75) is 0 Å². The lowest BCUT2D eigenvalue weighted by Crippen LogP contribution is -2.30. The van der Waals surface area contributed by atoms with E-state index < -0.39 is 21.4 Å². The number of hydrogen-bond donors (Lipinski definition) is 1. The zero-order chi connectivity index (χ0) is 13.1. The Morgan fingerprint density at radius 2 is 1.88 bits per heavy atom. The normalized spacial score (nSPS) is 10.6. The molecule has 0 saturated heterocycles. The van der Waals surface area contributed by atoms with Crippen LogP contribution in [0.4, 0.5) is 14.4 Å². The molecule has 1 aromatic rings. The number of nitrogens with zero attached hydrogens (tertiary/aromatic N) is 1. The maximum Gasteiger partial charge on any atom is 0.428 e. The van der Waals surface area contributed by atoms with Crippen molar-refractivity contribution in [2.24, 2.45) is 0 Å². The van der Waals surface area contributed by atoms with Gasteiger partial charge in [-0.05, 0) is 12.1 Å². The molecule has 1 amide bonds. The van der Waals surface area contributed by atoms with Crippen LogP contribution in [0.5, 0.6) is 5.75 Å². The summed E-state index contributed by atoms with van der Waals surface area (Å²) in [4.78, 5) is 20.4. The molecule has 1 aromatic carbocycles. The van der Waals surface area contributed by atoms with Crippen molar-refractivity contribution in [1.29, 1.82) is 0 Å². The Labute approximate surface area is 94.5 Å². The molecule has 0 aliphatic heterocycles. The van der Waals surface area contributed by atoms with Gasteiger partial charge in [0.15, 0.2) is 0 Å². The minimum Gasteiger partial charge on any atom is -0.410 e. The number of rotatable bonds is 3. The third-order valence-electron chi connectivity index (χ3n) is 1.46. The molecule has 0 aliphatic rings. The number of carbonyl (C=O) groups excluding carboxylic acids is 1. The molecule has 0 unspecified atom stereocenters. The van der Waals surface area contributed by atoms with Crippen molar-refractivity contribution in [3.05, 3.63) is 34.4 Å². The number of nitro benzene ring substituents is 1. The van der Waals surface area contributed by atoms with E-state index in [-0.39, 0.29) is 11.4 Å². The highest BCUT2D eigenvalue weighted by Gasteiger charge is 2.14. The van der Waals surface area contributed by atoms with Gasteiger partial charge in [0.05, 0.1) is 4.92 Å². The SMILES string of the molecule is O=C(NS(=O)(=O)F)Oc1ccc([N+](=O)[O-])cc1. The summed E-state index contributed by atoms with van der Waals surface area (Å²) < 4.78 is 37.2. The highest BCUT2D eigenvalue weighted by atomic mass is 32.3. The molecule has 0 aromatic heterocycles. The standard InChI is InChI=1S/C7H5FN2O6S/c8-17(14,15)9-7(11)16-6-3-1-5(2-4-6)10(12)13/h1-4H,(H,9,11). The average Bonchev–Trinajstić information content (AvgIpc) is 2.15. The van der Waals surface area contributed by atoms with Crippen LogP contribution in [0.25, 0.3) is 0 Å². The predicted molar refractivity (Wildman–Crippen MR) is 52.3 cm³/mol. The van der Waals surface area contributed by atoms with E-state index in [1.807, 2.05) is 0 Å². The fraction of sp³-hybridized carbons (Fsp3) is 0. The molecule has 0 bridgehead atoms. The van der Waals surface area contributed by atoms with Crippen LogP contribution >= 0.6 is 0 Å². The number of hydrogen-bond acceptors (Lipinski definition) is 6. The summed E-state index contributed by atoms with van der Waals surface area (Å²) >= 11 is 0. The van der Waals surface area contributed by atoms with Gasteiger partial charge in [0, 0.05) is 12.1 Å². The van der Waals surface area contributed by atoms with Gasteiger partial charge in [-0.1, -0.05) is 3.89 Å². The van der Waals surface area contributed by atoms with Crippen LogP contribution in [0.3, 0.4) is 0 Å². The monoisotopic (exact) mass is 264 g/mol. The molecule has 8 nitrogen and oxygen atoms in total. The van der Waals surface area contributed by atoms with E-state index >= 15 is 0 Å². The van der Waals surface area contributed by atoms with Crippen molar-refractivity contribution in [1.82, 2.24) is 4.72 Å². The van der Waals surface area contributed by atoms with Gasteiger partial charge in [0.1, 0.15) is 5.75 Å². The molecule has 0 radical (unpaired) electrons. The first-order valence-corrected chi connectivity index (χ1v) is 5.35. The Morgan fingerprint density at radius 3 is 2.29 bits per heavy atom. The molecule has 0 atom stereocenters. The number of ether oxygens (including phenoxy) is 1. The highest BCUT2D eigenvalue weighted by molar-refractivity contribution is 7.84. The number of non-ortho nitro benzene ring substituents is 1. The molecular weight excluding hydrogens is 259 g/mol. The molecule has 0 saturated carbocycles. The van der Waals surface area contributed by atoms with Gasteiger partial charge in [-0.15, -0.1) is 0 Å². The smallest absolute Gasteiger partial charge is 0.410 e. The van der Waals surface area contributed by atoms with Gasteiger partial charge in [-0.3, -0.25) is 10.1 Å². The number of amides is 1. The van der Waals surface area contributed by atoms with Gasteiger partial charge in [-0.2, -0.15) is 13.1 Å². The summed E-state index contributed by atoms with van der Waals surface area (Å²) in [7, 11) is -5.20. The third-order valence-corrected chi connectivity index (χ3v) is 1.87. The Balaban J connectivity index is 2.70. The molecule has 0 fully saturated rings. The molecule has 10 heteroatoms. The second kappa shape index (κ2) is 4.74. The summed E-state index contributed by atoms with van der Waals surface area (Å²) in [6.07, 6.45) is -1.55. The van der Waals surface area contributed by atoms with Crippen LogP contribution in [0.15, 0.2) is 24.3 Å². The van der Waals surface area contributed by atoms with E-state index in [0.717, 1.165) is 29.0 Å². The molecule has 0 spiro atoms. The zero-order valence-electron chi connectivity index (χ0n) is 7.99. The Morgan fingerprint density at radius 1 is 1.35 bits per heavy atom. The maximum atomic E-state index is 12.0. The van der Waals surface area contributed by atoms with Gasteiger partial charge in [0.25, 0.3) is 5.69 Å². The molecule has 92 valence electrons. The first kappa shape index (κ1) is 12.8. The van der Waals surface area contributed by atoms with E-state index in [0.29, 0.717) is 0 Å². The summed E-state index contributed by atoms with van der Waals surface area (Å²) in [6.45, 7) is 0. The van der Waals surface area contributed by atoms with Crippen LogP contribution < -0.4 is 9.46 Å². The molecule has 0 aliphatic carbocycles. The molecular formula is C7H5FN2O6S. The number of nitrogens with one attached hydrogen (secondary N) is 1. The summed E-state index contributed by atoms with van der Waals surface area (Å²) in [6, 6.07) is 4.18. The third kappa shape index (κ3) is 4.42. The molecule has 1 N–H and O–H groups in total. The van der Waals surface area contributed by atoms with Crippen molar-refractivity contribution in [3.63, 3.8) is 0 Å².